The van der Waals surface area contributed by atoms with E-state index in [1.54, 1.807) is 0 Å². The van der Waals surface area contributed by atoms with Gasteiger partial charge in [-0.2, -0.15) is 0 Å². The summed E-state index contributed by atoms with van der Waals surface area (Å²) in [5, 5.41) is 2.50. The summed E-state index contributed by atoms with van der Waals surface area (Å²) < 4.78 is 0. The van der Waals surface area contributed by atoms with Crippen molar-refractivity contribution in [3.8, 4) is 0 Å². The molecular formula is C43H53AuN3-2. The summed E-state index contributed by atoms with van der Waals surface area (Å²) in [6.07, 6.45) is 2.38. The monoisotopic (exact) mass is 808 g/mol. The van der Waals surface area contributed by atoms with Crippen LogP contribution in [0, 0.1) is 12.1 Å². The van der Waals surface area contributed by atoms with Crippen molar-refractivity contribution in [3.05, 3.63) is 126 Å². The summed E-state index contributed by atoms with van der Waals surface area (Å²) in [4.78, 5) is 9.42. The third-order valence-corrected chi connectivity index (χ3v) is 9.05. The van der Waals surface area contributed by atoms with Gasteiger partial charge in [0.15, 0.2) is 0 Å². The van der Waals surface area contributed by atoms with Crippen molar-refractivity contribution in [1.82, 2.24) is 4.98 Å². The second-order valence-corrected chi connectivity index (χ2v) is 15.0. The van der Waals surface area contributed by atoms with Gasteiger partial charge < -0.3 is 14.8 Å². The molecule has 253 valence electrons. The minimum Gasteiger partial charge on any atom is -0.657 e. The first-order chi connectivity index (χ1) is 21.8. The molecule has 1 radical (unpaired) electrons. The van der Waals surface area contributed by atoms with Crippen molar-refractivity contribution < 1.29 is 22.4 Å². The van der Waals surface area contributed by atoms with Gasteiger partial charge in [0, 0.05) is 44.9 Å². The number of fused-ring (bicyclic) bond motifs is 3. The van der Waals surface area contributed by atoms with Crippen LogP contribution in [0.2, 0.25) is 0 Å². The molecule has 1 aliphatic rings. The second-order valence-electron chi connectivity index (χ2n) is 15.0. The molecule has 0 unspecified atom stereocenters. The summed E-state index contributed by atoms with van der Waals surface area (Å²) in [6.45, 7) is 27.8. The van der Waals surface area contributed by atoms with Gasteiger partial charge in [0.1, 0.15) is 0 Å². The summed E-state index contributed by atoms with van der Waals surface area (Å²) in [5.41, 5.74) is 11.9. The van der Waals surface area contributed by atoms with E-state index in [0.29, 0.717) is 23.7 Å². The molecule has 0 atom stereocenters. The van der Waals surface area contributed by atoms with Crippen molar-refractivity contribution >= 4 is 33.2 Å². The Morgan fingerprint density at radius 2 is 0.915 bits per heavy atom. The topological polar surface area (TPSA) is 20.6 Å². The molecule has 0 spiro atoms. The first-order valence-corrected chi connectivity index (χ1v) is 17.1. The van der Waals surface area contributed by atoms with Crippen LogP contribution in [-0.2, 0) is 22.4 Å². The number of rotatable bonds is 6. The number of hydrogen-bond acceptors (Lipinski definition) is 2. The fourth-order valence-corrected chi connectivity index (χ4v) is 6.60. The normalized spacial score (nSPS) is 13.6. The maximum Gasteiger partial charge on any atom is 0.0197 e. The van der Waals surface area contributed by atoms with Gasteiger partial charge in [-0.05, 0) is 62.9 Å². The molecule has 1 aromatic heterocycles. The van der Waals surface area contributed by atoms with Gasteiger partial charge in [0.2, 0.25) is 0 Å². The number of hydrogen-bond donors (Lipinski definition) is 0. The summed E-state index contributed by atoms with van der Waals surface area (Å²) in [7, 11) is 0. The molecule has 0 amide bonds. The molecule has 0 aliphatic carbocycles. The molecule has 47 heavy (non-hydrogen) atoms. The first-order valence-electron chi connectivity index (χ1n) is 17.1. The Morgan fingerprint density at radius 1 is 0.532 bits per heavy atom. The largest absolute Gasteiger partial charge is 0.657 e. The Hall–Kier alpha value is -3.24. The minimum absolute atomic E-state index is 0. The maximum atomic E-state index is 4.52. The van der Waals surface area contributed by atoms with Crippen LogP contribution in [0.25, 0.3) is 21.8 Å². The Kier molecular flexibility index (Phi) is 11.6. The first kappa shape index (κ1) is 36.6. The Bertz CT molecular complexity index is 1730. The molecule has 3 nitrogen and oxygen atoms in total. The number of allylic oxidation sites excluding steroid dienone is 1. The zero-order chi connectivity index (χ0) is 33.3. The average Bonchev–Trinajstić information content (AvgIpc) is 3.63. The Balaban J connectivity index is 0.000000294. The number of aromatic nitrogens is 1. The Morgan fingerprint density at radius 3 is 1.30 bits per heavy atom. The zero-order valence-electron chi connectivity index (χ0n) is 30.2. The van der Waals surface area contributed by atoms with E-state index in [0.717, 1.165) is 11.0 Å². The van der Waals surface area contributed by atoms with Crippen LogP contribution in [0.5, 0.6) is 0 Å². The molecular weight excluding hydrogens is 755 g/mol. The average molecular weight is 809 g/mol. The number of para-hydroxylation sites is 4. The van der Waals surface area contributed by atoms with Crippen molar-refractivity contribution in [2.24, 2.45) is 5.41 Å². The van der Waals surface area contributed by atoms with E-state index in [4.69, 9.17) is 0 Å². The fraction of sp³-hybridized carbons (Fsp3) is 0.372. The molecule has 0 fully saturated rings. The SMILES string of the molecule is CC(C)c1cccc(C(C)C)c1N1C=C(C(C)(C)C)N(c2c(C(C)C)cccc2C(C)C)[CH-]1.[Au].c1ccc2c(c1)[n-]c1ccccc12. The summed E-state index contributed by atoms with van der Waals surface area (Å²) in [6, 6.07) is 30.2. The van der Waals surface area contributed by atoms with Crippen molar-refractivity contribution in [2.75, 3.05) is 9.80 Å². The van der Waals surface area contributed by atoms with Crippen LogP contribution in [0.4, 0.5) is 11.4 Å². The molecule has 4 heteroatoms. The van der Waals surface area contributed by atoms with Crippen molar-refractivity contribution in [1.29, 1.82) is 0 Å². The molecule has 1 aliphatic heterocycles. The van der Waals surface area contributed by atoms with Gasteiger partial charge in [-0.3, -0.25) is 0 Å². The van der Waals surface area contributed by atoms with Gasteiger partial charge >= 0.3 is 0 Å². The number of nitrogens with zero attached hydrogens (tertiary/aromatic N) is 3. The molecule has 5 aromatic rings. The Labute approximate surface area is 300 Å². The molecule has 6 rings (SSSR count). The van der Waals surface area contributed by atoms with Crippen LogP contribution < -0.4 is 14.8 Å². The maximum absolute atomic E-state index is 4.52. The standard InChI is InChI=1S/C31H45N2.C12H8N.Au/c1-20(2)24-14-12-15-25(21(3)4)29(24)32-18-28(31(9,10)11)33(19-32)30-26(22(5)6)16-13-17-27(30)23(7)8;1-3-7-11-9(5-1)10-6-2-4-8-12(10)13-11;/h12-23H,1-11H3;1-8H;/q2*-1;. The van der Waals surface area contributed by atoms with Gasteiger partial charge in [-0.15, -0.1) is 17.7 Å². The summed E-state index contributed by atoms with van der Waals surface area (Å²) >= 11 is 0. The van der Waals surface area contributed by atoms with Crippen LogP contribution in [0.15, 0.2) is 96.8 Å². The number of benzene rings is 4. The zero-order valence-corrected chi connectivity index (χ0v) is 32.4. The predicted molar refractivity (Wildman–Crippen MR) is 201 cm³/mol. The van der Waals surface area contributed by atoms with Crippen molar-refractivity contribution in [3.63, 3.8) is 0 Å². The molecule has 0 N–H and O–H groups in total. The number of anilines is 2. The molecule has 4 aromatic carbocycles. The third kappa shape index (κ3) is 7.59. The molecule has 0 bridgehead atoms. The molecule has 0 saturated heterocycles. The van der Waals surface area contributed by atoms with Crippen LogP contribution in [0.3, 0.4) is 0 Å². The van der Waals surface area contributed by atoms with Gasteiger partial charge in [-0.25, -0.2) is 0 Å². The van der Waals surface area contributed by atoms with Crippen LogP contribution in [-0.4, -0.2) is 0 Å². The van der Waals surface area contributed by atoms with Crippen LogP contribution >= 0.6 is 0 Å². The van der Waals surface area contributed by atoms with E-state index >= 15 is 0 Å². The quantitative estimate of drug-likeness (QED) is 0.126. The molecule has 2 heterocycles. The van der Waals surface area contributed by atoms with Gasteiger partial charge in [0.05, 0.1) is 0 Å². The van der Waals surface area contributed by atoms with E-state index in [9.17, 15) is 0 Å². The smallest absolute Gasteiger partial charge is 0.0197 e. The van der Waals surface area contributed by atoms with E-state index in [-0.39, 0.29) is 27.8 Å². The van der Waals surface area contributed by atoms with E-state index in [2.05, 4.69) is 177 Å². The summed E-state index contributed by atoms with van der Waals surface area (Å²) in [5.74, 6) is 1.83. The van der Waals surface area contributed by atoms with Crippen LogP contribution in [0.1, 0.15) is 122 Å². The van der Waals surface area contributed by atoms with E-state index in [1.165, 1.54) is 50.1 Å². The fourth-order valence-electron chi connectivity index (χ4n) is 6.60. The predicted octanol–water partition coefficient (Wildman–Crippen LogP) is 12.5. The van der Waals surface area contributed by atoms with Gasteiger partial charge in [0.25, 0.3) is 0 Å². The van der Waals surface area contributed by atoms with Gasteiger partial charge in [-0.1, -0.05) is 161 Å². The van der Waals surface area contributed by atoms with E-state index in [1.807, 2.05) is 12.1 Å². The molecule has 0 saturated carbocycles. The van der Waals surface area contributed by atoms with E-state index < -0.39 is 0 Å². The van der Waals surface area contributed by atoms with Crippen molar-refractivity contribution in [2.45, 2.75) is 99.8 Å². The second kappa shape index (κ2) is 14.9. The third-order valence-electron chi connectivity index (χ3n) is 9.05. The minimum atomic E-state index is 0.